The molecule has 2 saturated heterocycles. The van der Waals surface area contributed by atoms with Gasteiger partial charge in [0.25, 0.3) is 0 Å². The van der Waals surface area contributed by atoms with E-state index in [0.717, 1.165) is 37.3 Å². The Hall–Kier alpha value is -1.65. The highest BCUT2D eigenvalue weighted by molar-refractivity contribution is 5.35. The van der Waals surface area contributed by atoms with Gasteiger partial charge >= 0.3 is 0 Å². The minimum Gasteiger partial charge on any atom is -0.382 e. The number of rotatable bonds is 2. The monoisotopic (exact) mass is 283 g/mol. The summed E-state index contributed by atoms with van der Waals surface area (Å²) in [6.07, 6.45) is 6.14. The minimum atomic E-state index is -0.771. The van der Waals surface area contributed by atoms with E-state index in [0.29, 0.717) is 0 Å². The van der Waals surface area contributed by atoms with E-state index >= 15 is 0 Å². The molecule has 0 radical (unpaired) electrons. The van der Waals surface area contributed by atoms with Gasteiger partial charge in [0.2, 0.25) is 0 Å². The molecule has 1 aromatic heterocycles. The molecule has 2 atom stereocenters. The Kier molecular flexibility index (Phi) is 3.08. The lowest BCUT2D eigenvalue weighted by atomic mass is 9.86. The largest absolute Gasteiger partial charge is 0.382 e. The Morgan fingerprint density at radius 2 is 1.95 bits per heavy atom. The van der Waals surface area contributed by atoms with Gasteiger partial charge in [-0.3, -0.25) is 4.90 Å². The number of piperidine rings is 1. The third kappa shape index (κ3) is 2.01. The number of hydrogen-bond donors (Lipinski definition) is 1. The van der Waals surface area contributed by atoms with Crippen LogP contribution in [0.5, 0.6) is 0 Å². The van der Waals surface area contributed by atoms with Crippen LogP contribution in [0.25, 0.3) is 5.69 Å². The van der Waals surface area contributed by atoms with E-state index in [1.165, 1.54) is 12.8 Å². The molecule has 3 heterocycles. The number of fused-ring (bicyclic) bond motifs is 1. The fourth-order valence-corrected chi connectivity index (χ4v) is 3.98. The second-order valence-electron chi connectivity index (χ2n) is 6.19. The van der Waals surface area contributed by atoms with Crippen molar-refractivity contribution in [2.24, 2.45) is 0 Å². The van der Waals surface area contributed by atoms with Crippen molar-refractivity contribution in [1.29, 1.82) is 0 Å². The van der Waals surface area contributed by atoms with Crippen molar-refractivity contribution >= 4 is 0 Å². The van der Waals surface area contributed by atoms with Crippen LogP contribution >= 0.6 is 0 Å². The van der Waals surface area contributed by atoms with Crippen molar-refractivity contribution in [3.63, 3.8) is 0 Å². The summed E-state index contributed by atoms with van der Waals surface area (Å²) in [6.45, 7) is 2.10. The molecule has 2 fully saturated rings. The SMILES string of the molecule is OC1(c2ccnn2-c2ccccc2)CCN2CCCCC21. The molecule has 4 rings (SSSR count). The predicted octanol–water partition coefficient (Wildman–Crippen LogP) is 2.32. The zero-order chi connectivity index (χ0) is 14.3. The molecule has 0 bridgehead atoms. The van der Waals surface area contributed by atoms with Crippen LogP contribution in [0, 0.1) is 0 Å². The molecule has 0 spiro atoms. The summed E-state index contributed by atoms with van der Waals surface area (Å²) in [7, 11) is 0. The van der Waals surface area contributed by atoms with Gasteiger partial charge in [-0.2, -0.15) is 5.10 Å². The number of aliphatic hydroxyl groups is 1. The normalized spacial score (nSPS) is 29.5. The first-order valence-electron chi connectivity index (χ1n) is 7.85. The van der Waals surface area contributed by atoms with E-state index in [2.05, 4.69) is 10.00 Å². The molecular weight excluding hydrogens is 262 g/mol. The Balaban J connectivity index is 1.76. The Labute approximate surface area is 125 Å². The van der Waals surface area contributed by atoms with Gasteiger partial charge in [-0.05, 0) is 44.0 Å². The third-order valence-corrected chi connectivity index (χ3v) is 5.03. The fraction of sp³-hybridized carbons (Fsp3) is 0.471. The minimum absolute atomic E-state index is 0.241. The van der Waals surface area contributed by atoms with Gasteiger partial charge in [-0.1, -0.05) is 24.6 Å². The first-order chi connectivity index (χ1) is 10.3. The van der Waals surface area contributed by atoms with Gasteiger partial charge < -0.3 is 5.11 Å². The molecule has 4 nitrogen and oxygen atoms in total. The van der Waals surface area contributed by atoms with E-state index in [9.17, 15) is 5.11 Å². The van der Waals surface area contributed by atoms with Gasteiger partial charge in [0.15, 0.2) is 0 Å². The second kappa shape index (κ2) is 4.97. The van der Waals surface area contributed by atoms with Crippen LogP contribution in [-0.4, -0.2) is 38.9 Å². The van der Waals surface area contributed by atoms with Crippen LogP contribution in [0.15, 0.2) is 42.6 Å². The summed E-state index contributed by atoms with van der Waals surface area (Å²) >= 11 is 0. The van der Waals surface area contributed by atoms with Crippen molar-refractivity contribution in [3.05, 3.63) is 48.3 Å². The molecule has 0 aliphatic carbocycles. The summed E-state index contributed by atoms with van der Waals surface area (Å²) in [6, 6.07) is 12.3. The quantitative estimate of drug-likeness (QED) is 0.919. The number of aromatic nitrogens is 2. The lowest BCUT2D eigenvalue weighted by molar-refractivity contribution is -0.0190. The Morgan fingerprint density at radius 3 is 2.81 bits per heavy atom. The first kappa shape index (κ1) is 13.0. The molecule has 2 aromatic rings. The second-order valence-corrected chi connectivity index (χ2v) is 6.19. The zero-order valence-electron chi connectivity index (χ0n) is 12.2. The molecule has 2 aliphatic rings. The lowest BCUT2D eigenvalue weighted by Gasteiger charge is -2.37. The maximum Gasteiger partial charge on any atom is 0.123 e. The van der Waals surface area contributed by atoms with Crippen LogP contribution in [0.3, 0.4) is 0 Å². The first-order valence-corrected chi connectivity index (χ1v) is 7.85. The molecule has 2 aliphatic heterocycles. The molecule has 4 heteroatoms. The van der Waals surface area contributed by atoms with E-state index in [1.807, 2.05) is 41.1 Å². The summed E-state index contributed by atoms with van der Waals surface area (Å²) < 4.78 is 1.90. The Bertz CT molecular complexity index is 624. The van der Waals surface area contributed by atoms with E-state index in [4.69, 9.17) is 0 Å². The van der Waals surface area contributed by atoms with Crippen LogP contribution in [0.2, 0.25) is 0 Å². The third-order valence-electron chi connectivity index (χ3n) is 5.03. The molecule has 21 heavy (non-hydrogen) atoms. The van der Waals surface area contributed by atoms with Gasteiger partial charge in [0.1, 0.15) is 5.60 Å². The standard InChI is InChI=1S/C17H21N3O/c21-17(10-13-19-12-5-4-8-15(17)19)16-9-11-18-20(16)14-6-2-1-3-7-14/h1-3,6-7,9,11,15,21H,4-5,8,10,12-13H2. The number of nitrogens with zero attached hydrogens (tertiary/aromatic N) is 3. The average Bonchev–Trinajstić information content (AvgIpc) is 3.15. The van der Waals surface area contributed by atoms with Crippen LogP contribution in [0.1, 0.15) is 31.4 Å². The molecule has 110 valence electrons. The summed E-state index contributed by atoms with van der Waals surface area (Å²) in [5, 5.41) is 15.8. The van der Waals surface area contributed by atoms with Gasteiger partial charge in [0, 0.05) is 18.8 Å². The molecule has 0 saturated carbocycles. The van der Waals surface area contributed by atoms with Crippen LogP contribution < -0.4 is 0 Å². The molecule has 1 N–H and O–H groups in total. The lowest BCUT2D eigenvalue weighted by Crippen LogP contribution is -2.46. The maximum absolute atomic E-state index is 11.4. The van der Waals surface area contributed by atoms with Crippen molar-refractivity contribution in [3.8, 4) is 5.69 Å². The van der Waals surface area contributed by atoms with Crippen molar-refractivity contribution in [2.45, 2.75) is 37.3 Å². The van der Waals surface area contributed by atoms with Crippen molar-refractivity contribution in [1.82, 2.24) is 14.7 Å². The topological polar surface area (TPSA) is 41.3 Å². The van der Waals surface area contributed by atoms with Crippen LogP contribution in [0.4, 0.5) is 0 Å². The van der Waals surface area contributed by atoms with E-state index < -0.39 is 5.60 Å². The fourth-order valence-electron chi connectivity index (χ4n) is 3.98. The zero-order valence-corrected chi connectivity index (χ0v) is 12.2. The molecule has 0 amide bonds. The van der Waals surface area contributed by atoms with Crippen molar-refractivity contribution < 1.29 is 5.11 Å². The summed E-state index contributed by atoms with van der Waals surface area (Å²) in [4.78, 5) is 2.45. The molecule has 2 unspecified atom stereocenters. The van der Waals surface area contributed by atoms with Crippen LogP contribution in [-0.2, 0) is 5.60 Å². The predicted molar refractivity (Wildman–Crippen MR) is 81.3 cm³/mol. The van der Waals surface area contributed by atoms with Gasteiger partial charge in [-0.15, -0.1) is 0 Å². The number of benzene rings is 1. The average molecular weight is 283 g/mol. The highest BCUT2D eigenvalue weighted by atomic mass is 16.3. The van der Waals surface area contributed by atoms with Gasteiger partial charge in [0.05, 0.1) is 11.4 Å². The molecular formula is C17H21N3O. The highest BCUT2D eigenvalue weighted by Crippen LogP contribution is 2.42. The summed E-state index contributed by atoms with van der Waals surface area (Å²) in [5.41, 5.74) is 1.18. The van der Waals surface area contributed by atoms with Gasteiger partial charge in [-0.25, -0.2) is 4.68 Å². The number of para-hydroxylation sites is 1. The Morgan fingerprint density at radius 1 is 1.10 bits per heavy atom. The molecule has 1 aromatic carbocycles. The summed E-state index contributed by atoms with van der Waals surface area (Å²) in [5.74, 6) is 0. The van der Waals surface area contributed by atoms with E-state index in [-0.39, 0.29) is 6.04 Å². The maximum atomic E-state index is 11.4. The number of hydrogen-bond acceptors (Lipinski definition) is 3. The van der Waals surface area contributed by atoms with E-state index in [1.54, 1.807) is 6.20 Å². The van der Waals surface area contributed by atoms with Crippen molar-refractivity contribution in [2.75, 3.05) is 13.1 Å². The highest BCUT2D eigenvalue weighted by Gasteiger charge is 2.49. The smallest absolute Gasteiger partial charge is 0.123 e.